The van der Waals surface area contributed by atoms with Crippen molar-refractivity contribution in [2.45, 2.75) is 20.0 Å². The molecule has 0 saturated carbocycles. The van der Waals surface area contributed by atoms with Gasteiger partial charge in [-0.15, -0.1) is 0 Å². The van der Waals surface area contributed by atoms with Crippen LogP contribution in [0.25, 0.3) is 22.4 Å². The summed E-state index contributed by atoms with van der Waals surface area (Å²) < 4.78 is 5.16. The normalized spacial score (nSPS) is 11.2. The number of nitrogens with one attached hydrogen (secondary N) is 1. The van der Waals surface area contributed by atoms with Gasteiger partial charge in [0.2, 0.25) is 0 Å². The van der Waals surface area contributed by atoms with Crippen LogP contribution in [0.4, 0.5) is 0 Å². The van der Waals surface area contributed by atoms with Crippen LogP contribution in [0.15, 0.2) is 36.4 Å². The average molecular weight is 349 g/mol. The Labute approximate surface area is 143 Å². The molecule has 0 saturated heterocycles. The summed E-state index contributed by atoms with van der Waals surface area (Å²) in [5, 5.41) is 0.882. The van der Waals surface area contributed by atoms with Gasteiger partial charge in [0.1, 0.15) is 11.3 Å². The minimum Gasteiger partial charge on any atom is -0.459 e. The lowest BCUT2D eigenvalue weighted by Gasteiger charge is -2.07. The molecule has 0 aliphatic rings. The molecule has 0 radical (unpaired) electrons. The minimum atomic E-state index is -0.342. The molecule has 3 aromatic rings. The number of nitrogens with zero attached hydrogens (tertiary/aromatic N) is 1. The Bertz CT molecular complexity index is 870. The molecule has 4 nitrogen and oxygen atoms in total. The zero-order valence-corrected chi connectivity index (χ0v) is 14.1. The Kier molecular flexibility index (Phi) is 4.28. The highest BCUT2D eigenvalue weighted by Crippen LogP contribution is 2.31. The van der Waals surface area contributed by atoms with Crippen molar-refractivity contribution >= 4 is 40.2 Å². The van der Waals surface area contributed by atoms with E-state index in [1.165, 1.54) is 0 Å². The third kappa shape index (κ3) is 3.19. The van der Waals surface area contributed by atoms with E-state index in [0.717, 1.165) is 11.1 Å². The molecule has 1 heterocycles. The molecular formula is C17H14Cl2N2O2. The largest absolute Gasteiger partial charge is 0.459 e. The molecule has 0 atom stereocenters. The number of esters is 1. The summed E-state index contributed by atoms with van der Waals surface area (Å²) in [6.07, 6.45) is -0.149. The molecule has 6 heteroatoms. The summed E-state index contributed by atoms with van der Waals surface area (Å²) in [5.41, 5.74) is 2.77. The number of carbonyl (C=O) groups is 1. The predicted octanol–water partition coefficient (Wildman–Crippen LogP) is 5.10. The molecule has 118 valence electrons. The van der Waals surface area contributed by atoms with E-state index in [-0.39, 0.29) is 12.1 Å². The van der Waals surface area contributed by atoms with E-state index in [1.807, 2.05) is 32.0 Å². The molecule has 0 fully saturated rings. The van der Waals surface area contributed by atoms with Gasteiger partial charge in [0.25, 0.3) is 0 Å². The second-order valence-electron chi connectivity index (χ2n) is 5.37. The third-order valence-electron chi connectivity index (χ3n) is 3.28. The quantitative estimate of drug-likeness (QED) is 0.669. The predicted molar refractivity (Wildman–Crippen MR) is 92.1 cm³/mol. The zero-order chi connectivity index (χ0) is 16.6. The first-order chi connectivity index (χ1) is 11.0. The number of imidazole rings is 1. The molecule has 23 heavy (non-hydrogen) atoms. The second kappa shape index (κ2) is 6.22. The van der Waals surface area contributed by atoms with Gasteiger partial charge >= 0.3 is 5.97 Å². The van der Waals surface area contributed by atoms with Gasteiger partial charge in [-0.3, -0.25) is 0 Å². The van der Waals surface area contributed by atoms with Gasteiger partial charge in [0.15, 0.2) is 0 Å². The fraction of sp³-hybridized carbons (Fsp3) is 0.176. The Balaban J connectivity index is 1.93. The Hall–Kier alpha value is -2.04. The molecule has 0 bridgehead atoms. The number of aromatic nitrogens is 2. The van der Waals surface area contributed by atoms with Crippen LogP contribution in [-0.4, -0.2) is 22.0 Å². The number of ether oxygens (including phenoxy) is 1. The molecule has 2 aromatic carbocycles. The topological polar surface area (TPSA) is 55.0 Å². The molecule has 1 N–H and O–H groups in total. The van der Waals surface area contributed by atoms with E-state index in [4.69, 9.17) is 27.9 Å². The van der Waals surface area contributed by atoms with Crippen LogP contribution in [0.5, 0.6) is 0 Å². The summed E-state index contributed by atoms with van der Waals surface area (Å²) in [4.78, 5) is 19.5. The van der Waals surface area contributed by atoms with E-state index in [0.29, 0.717) is 26.9 Å². The summed E-state index contributed by atoms with van der Waals surface area (Å²) in [7, 11) is 0. The van der Waals surface area contributed by atoms with Crippen molar-refractivity contribution in [2.75, 3.05) is 0 Å². The number of rotatable bonds is 3. The zero-order valence-electron chi connectivity index (χ0n) is 12.6. The summed E-state index contributed by atoms with van der Waals surface area (Å²) in [6.45, 7) is 3.63. The number of H-pyrrole nitrogens is 1. The monoisotopic (exact) mass is 348 g/mol. The number of fused-ring (bicyclic) bond motifs is 1. The lowest BCUT2D eigenvalue weighted by molar-refractivity contribution is 0.0378. The number of halogens is 2. The molecule has 0 amide bonds. The fourth-order valence-electron chi connectivity index (χ4n) is 2.20. The van der Waals surface area contributed by atoms with Crippen LogP contribution in [0.2, 0.25) is 10.0 Å². The van der Waals surface area contributed by atoms with Gasteiger partial charge in [-0.2, -0.15) is 0 Å². The van der Waals surface area contributed by atoms with Crippen LogP contribution in [0, 0.1) is 0 Å². The van der Waals surface area contributed by atoms with Gasteiger partial charge in [-0.05, 0) is 38.1 Å². The van der Waals surface area contributed by atoms with E-state index in [9.17, 15) is 4.79 Å². The third-order valence-corrected chi connectivity index (χ3v) is 4.08. The van der Waals surface area contributed by atoms with Crippen molar-refractivity contribution in [3.8, 4) is 11.4 Å². The molecule has 1 aromatic heterocycles. The minimum absolute atomic E-state index is 0.149. The summed E-state index contributed by atoms with van der Waals surface area (Å²) in [6, 6.07) is 10.6. The Morgan fingerprint density at radius 3 is 2.48 bits per heavy atom. The summed E-state index contributed by atoms with van der Waals surface area (Å²) >= 11 is 12.2. The van der Waals surface area contributed by atoms with Crippen LogP contribution < -0.4 is 0 Å². The SMILES string of the molecule is CC(C)OC(=O)c1ccc(-c2nc3c(Cl)c(Cl)ccc3[nH]2)cc1. The second-order valence-corrected chi connectivity index (χ2v) is 6.16. The van der Waals surface area contributed by atoms with Gasteiger partial charge in [0.05, 0.1) is 27.2 Å². The van der Waals surface area contributed by atoms with Crippen LogP contribution in [0.1, 0.15) is 24.2 Å². The lowest BCUT2D eigenvalue weighted by atomic mass is 10.1. The van der Waals surface area contributed by atoms with Crippen molar-refractivity contribution in [3.05, 3.63) is 52.0 Å². The van der Waals surface area contributed by atoms with Crippen molar-refractivity contribution < 1.29 is 9.53 Å². The molecule has 3 rings (SSSR count). The van der Waals surface area contributed by atoms with Crippen molar-refractivity contribution in [2.24, 2.45) is 0 Å². The van der Waals surface area contributed by atoms with E-state index in [2.05, 4.69) is 9.97 Å². The Morgan fingerprint density at radius 1 is 1.13 bits per heavy atom. The lowest BCUT2D eigenvalue weighted by Crippen LogP contribution is -2.11. The highest BCUT2D eigenvalue weighted by molar-refractivity contribution is 6.44. The van der Waals surface area contributed by atoms with Gasteiger partial charge in [-0.25, -0.2) is 9.78 Å². The van der Waals surface area contributed by atoms with Crippen molar-refractivity contribution in [1.29, 1.82) is 0 Å². The number of hydrogen-bond acceptors (Lipinski definition) is 3. The maximum atomic E-state index is 11.8. The highest BCUT2D eigenvalue weighted by Gasteiger charge is 2.12. The molecule has 0 unspecified atom stereocenters. The molecule has 0 aliphatic heterocycles. The maximum absolute atomic E-state index is 11.8. The van der Waals surface area contributed by atoms with Crippen LogP contribution >= 0.6 is 23.2 Å². The number of carbonyl (C=O) groups excluding carboxylic acids is 1. The van der Waals surface area contributed by atoms with E-state index >= 15 is 0 Å². The van der Waals surface area contributed by atoms with E-state index < -0.39 is 0 Å². The number of benzene rings is 2. The van der Waals surface area contributed by atoms with E-state index in [1.54, 1.807) is 18.2 Å². The van der Waals surface area contributed by atoms with Gasteiger partial charge < -0.3 is 9.72 Å². The smallest absolute Gasteiger partial charge is 0.338 e. The van der Waals surface area contributed by atoms with Crippen molar-refractivity contribution in [1.82, 2.24) is 9.97 Å². The average Bonchev–Trinajstić information content (AvgIpc) is 2.95. The standard InChI is InChI=1S/C17H14Cl2N2O2/c1-9(2)23-17(22)11-5-3-10(4-6-11)16-20-13-8-7-12(18)14(19)15(13)21-16/h3-9H,1-2H3,(H,20,21). The summed E-state index contributed by atoms with van der Waals surface area (Å²) in [5.74, 6) is 0.318. The molecule has 0 aliphatic carbocycles. The first-order valence-electron chi connectivity index (χ1n) is 7.11. The van der Waals surface area contributed by atoms with Crippen LogP contribution in [0.3, 0.4) is 0 Å². The van der Waals surface area contributed by atoms with Gasteiger partial charge in [0, 0.05) is 5.56 Å². The van der Waals surface area contributed by atoms with Crippen molar-refractivity contribution in [3.63, 3.8) is 0 Å². The highest BCUT2D eigenvalue weighted by atomic mass is 35.5. The molecular weight excluding hydrogens is 335 g/mol. The Morgan fingerprint density at radius 2 is 1.83 bits per heavy atom. The van der Waals surface area contributed by atoms with Crippen LogP contribution in [-0.2, 0) is 4.74 Å². The first kappa shape index (κ1) is 15.8. The fourth-order valence-corrected chi connectivity index (χ4v) is 2.56. The van der Waals surface area contributed by atoms with Gasteiger partial charge in [-0.1, -0.05) is 35.3 Å². The first-order valence-corrected chi connectivity index (χ1v) is 7.86. The number of hydrogen-bond donors (Lipinski definition) is 1. The number of aromatic amines is 1. The molecule has 0 spiro atoms. The maximum Gasteiger partial charge on any atom is 0.338 e.